The van der Waals surface area contributed by atoms with Gasteiger partial charge in [0.15, 0.2) is 0 Å². The number of hydrogen-bond acceptors (Lipinski definition) is 6. The fourth-order valence-electron chi connectivity index (χ4n) is 3.42. The van der Waals surface area contributed by atoms with Gasteiger partial charge < -0.3 is 4.42 Å². The summed E-state index contributed by atoms with van der Waals surface area (Å²) in [6, 6.07) is 21.0. The maximum Gasteiger partial charge on any atom is 0.288 e. The average Bonchev–Trinajstić information content (AvgIpc) is 3.28. The fraction of sp³-hybridized carbons (Fsp3) is 0.227. The van der Waals surface area contributed by atoms with Crippen molar-refractivity contribution in [1.29, 1.82) is 0 Å². The molecule has 2 aromatic heterocycles. The first-order chi connectivity index (χ1) is 14.1. The van der Waals surface area contributed by atoms with E-state index in [1.807, 2.05) is 24.4 Å². The van der Waals surface area contributed by atoms with Crippen LogP contribution in [-0.4, -0.2) is 26.7 Å². The van der Waals surface area contributed by atoms with Gasteiger partial charge in [0.25, 0.3) is 4.84 Å². The van der Waals surface area contributed by atoms with E-state index >= 15 is 0 Å². The summed E-state index contributed by atoms with van der Waals surface area (Å²) < 4.78 is 7.46. The molecule has 0 amide bonds. The normalized spacial score (nSPS) is 11.4. The zero-order valence-corrected chi connectivity index (χ0v) is 18.0. The van der Waals surface area contributed by atoms with Crippen molar-refractivity contribution in [1.82, 2.24) is 19.7 Å². The molecule has 5 nitrogen and oxygen atoms in total. The molecule has 2 aromatic carbocycles. The second-order valence-electron chi connectivity index (χ2n) is 6.92. The maximum atomic E-state index is 5.72. The number of nitrogens with zero attached hydrogens (tertiary/aromatic N) is 4. The van der Waals surface area contributed by atoms with Gasteiger partial charge >= 0.3 is 0 Å². The van der Waals surface area contributed by atoms with E-state index in [2.05, 4.69) is 70.6 Å². The minimum atomic E-state index is 0.0839. The minimum absolute atomic E-state index is 0.0839. The van der Waals surface area contributed by atoms with Crippen molar-refractivity contribution in [2.45, 2.75) is 26.1 Å². The van der Waals surface area contributed by atoms with Crippen molar-refractivity contribution in [3.05, 3.63) is 98.6 Å². The summed E-state index contributed by atoms with van der Waals surface area (Å²) in [4.78, 5) is 7.07. The van der Waals surface area contributed by atoms with E-state index < -0.39 is 0 Å². The molecule has 4 rings (SSSR count). The highest BCUT2D eigenvalue weighted by molar-refractivity contribution is 7.71. The first-order valence-corrected chi connectivity index (χ1v) is 10.7. The molecular weight excluding hydrogens is 400 g/mol. The summed E-state index contributed by atoms with van der Waals surface area (Å²) in [5, 5.41) is 7.65. The Bertz CT molecular complexity index is 1080. The second-order valence-corrected chi connectivity index (χ2v) is 8.33. The number of aryl methyl sites for hydroxylation is 1. The fourth-order valence-corrected chi connectivity index (χ4v) is 4.23. The van der Waals surface area contributed by atoms with Gasteiger partial charge in [0.1, 0.15) is 0 Å². The van der Waals surface area contributed by atoms with Crippen molar-refractivity contribution in [3.8, 4) is 0 Å². The second kappa shape index (κ2) is 8.82. The summed E-state index contributed by atoms with van der Waals surface area (Å²) in [7, 11) is 2.07. The summed E-state index contributed by atoms with van der Waals surface area (Å²) in [6.07, 6.45) is 0.547. The number of aromatic nitrogens is 3. The molecule has 2 heterocycles. The Morgan fingerprint density at radius 2 is 1.69 bits per heavy atom. The molecule has 0 fully saturated rings. The average molecular weight is 423 g/mol. The van der Waals surface area contributed by atoms with E-state index in [-0.39, 0.29) is 6.04 Å². The number of rotatable bonds is 7. The van der Waals surface area contributed by atoms with Gasteiger partial charge in [-0.05, 0) is 37.3 Å². The Hall–Kier alpha value is -2.61. The molecule has 0 aliphatic heterocycles. The largest absolute Gasteiger partial charge is 0.414 e. The molecule has 0 aliphatic carbocycles. The van der Waals surface area contributed by atoms with Gasteiger partial charge in [-0.1, -0.05) is 60.7 Å². The van der Waals surface area contributed by atoms with Crippen molar-refractivity contribution in [2.75, 3.05) is 7.05 Å². The van der Waals surface area contributed by atoms with E-state index in [0.29, 0.717) is 23.8 Å². The van der Waals surface area contributed by atoms with E-state index in [1.165, 1.54) is 11.1 Å². The van der Waals surface area contributed by atoms with E-state index in [4.69, 9.17) is 16.6 Å². The van der Waals surface area contributed by atoms with E-state index in [9.17, 15) is 0 Å². The van der Waals surface area contributed by atoms with Crippen LogP contribution in [0.1, 0.15) is 33.8 Å². The van der Waals surface area contributed by atoms with E-state index in [0.717, 1.165) is 10.7 Å². The lowest BCUT2D eigenvalue weighted by atomic mass is 9.98. The highest BCUT2D eigenvalue weighted by atomic mass is 32.1. The Kier molecular flexibility index (Phi) is 5.99. The molecule has 0 aliphatic rings. The molecule has 0 N–H and O–H groups in total. The molecular formula is C22H22N4OS2. The Morgan fingerprint density at radius 3 is 2.24 bits per heavy atom. The molecule has 0 bridgehead atoms. The maximum absolute atomic E-state index is 5.72. The number of thiazole rings is 1. The minimum Gasteiger partial charge on any atom is -0.414 e. The topological polar surface area (TPSA) is 47.1 Å². The zero-order valence-electron chi connectivity index (χ0n) is 16.4. The SMILES string of the molecule is Cc1nc(Cc2nn(CN(C)C(c3ccccc3)c3ccccc3)c(=S)o2)cs1. The zero-order chi connectivity index (χ0) is 20.2. The molecule has 0 unspecified atom stereocenters. The molecule has 0 saturated carbocycles. The van der Waals surface area contributed by atoms with Crippen LogP contribution in [0.25, 0.3) is 0 Å². The van der Waals surface area contributed by atoms with Crippen LogP contribution in [0, 0.1) is 11.8 Å². The van der Waals surface area contributed by atoms with Crippen LogP contribution in [0.3, 0.4) is 0 Å². The lowest BCUT2D eigenvalue weighted by molar-refractivity contribution is 0.205. The summed E-state index contributed by atoms with van der Waals surface area (Å²) in [5.41, 5.74) is 3.39. The quantitative estimate of drug-likeness (QED) is 0.381. The number of benzene rings is 2. The highest BCUT2D eigenvalue weighted by Gasteiger charge is 2.20. The monoisotopic (exact) mass is 422 g/mol. The molecule has 0 spiro atoms. The van der Waals surface area contributed by atoms with E-state index in [1.54, 1.807) is 16.0 Å². The summed E-state index contributed by atoms with van der Waals surface area (Å²) in [6.45, 7) is 2.51. The highest BCUT2D eigenvalue weighted by Crippen LogP contribution is 2.28. The third-order valence-corrected chi connectivity index (χ3v) is 5.79. The van der Waals surface area contributed by atoms with Gasteiger partial charge in [-0.3, -0.25) is 4.90 Å². The van der Waals surface area contributed by atoms with Crippen LogP contribution in [0.15, 0.2) is 70.5 Å². The van der Waals surface area contributed by atoms with Crippen LogP contribution in [0.4, 0.5) is 0 Å². The van der Waals surface area contributed by atoms with Gasteiger partial charge in [0.2, 0.25) is 5.89 Å². The van der Waals surface area contributed by atoms with Crippen molar-refractivity contribution in [2.24, 2.45) is 0 Å². The van der Waals surface area contributed by atoms with Gasteiger partial charge in [-0.15, -0.1) is 16.4 Å². The third-order valence-electron chi connectivity index (χ3n) is 4.68. The van der Waals surface area contributed by atoms with Crippen LogP contribution < -0.4 is 0 Å². The van der Waals surface area contributed by atoms with Crippen LogP contribution in [-0.2, 0) is 13.1 Å². The Labute approximate surface area is 179 Å². The van der Waals surface area contributed by atoms with Gasteiger partial charge in [0.05, 0.1) is 29.8 Å². The first-order valence-electron chi connectivity index (χ1n) is 9.38. The predicted octanol–water partition coefficient (Wildman–Crippen LogP) is 5.24. The smallest absolute Gasteiger partial charge is 0.288 e. The lowest BCUT2D eigenvalue weighted by Gasteiger charge is -2.28. The molecule has 0 radical (unpaired) electrons. The number of hydrogen-bond donors (Lipinski definition) is 0. The van der Waals surface area contributed by atoms with Gasteiger partial charge in [-0.25, -0.2) is 9.67 Å². The summed E-state index contributed by atoms with van der Waals surface area (Å²) >= 11 is 7.04. The Balaban J connectivity index is 1.58. The van der Waals surface area contributed by atoms with Crippen LogP contribution in [0.5, 0.6) is 0 Å². The van der Waals surface area contributed by atoms with Crippen molar-refractivity contribution < 1.29 is 4.42 Å². The van der Waals surface area contributed by atoms with Gasteiger partial charge in [-0.2, -0.15) is 0 Å². The van der Waals surface area contributed by atoms with Crippen LogP contribution in [0.2, 0.25) is 0 Å². The molecule has 148 valence electrons. The Morgan fingerprint density at radius 1 is 1.07 bits per heavy atom. The third kappa shape index (κ3) is 4.70. The molecule has 29 heavy (non-hydrogen) atoms. The molecule has 0 saturated heterocycles. The molecule has 7 heteroatoms. The van der Waals surface area contributed by atoms with Crippen molar-refractivity contribution >= 4 is 23.6 Å². The first kappa shape index (κ1) is 19.7. The predicted molar refractivity (Wildman–Crippen MR) is 117 cm³/mol. The molecule has 0 atom stereocenters. The standard InChI is InChI=1S/C22H22N4OS2/c1-16-23-19(14-29-16)13-20-24-26(22(28)27-20)15-25(2)21(17-9-5-3-6-10-17)18-11-7-4-8-12-18/h3-12,14,21H,13,15H2,1-2H3. The lowest BCUT2D eigenvalue weighted by Crippen LogP contribution is -2.28. The van der Waals surface area contributed by atoms with Crippen molar-refractivity contribution in [3.63, 3.8) is 0 Å². The van der Waals surface area contributed by atoms with Crippen LogP contribution >= 0.6 is 23.6 Å². The summed E-state index contributed by atoms with van der Waals surface area (Å²) in [5.74, 6) is 0.588. The van der Waals surface area contributed by atoms with Gasteiger partial charge in [0, 0.05) is 5.38 Å². The molecule has 4 aromatic rings.